The zero-order chi connectivity index (χ0) is 28.4. The van der Waals surface area contributed by atoms with Gasteiger partial charge in [0, 0.05) is 49.7 Å². The molecule has 0 atom stereocenters. The molecule has 0 spiro atoms. The first kappa shape index (κ1) is 30.6. The molecule has 0 unspecified atom stereocenters. The smallest absolute Gasteiger partial charge is 0.345 e. The molecular formula is C28H38ClN5O4S. The largest absolute Gasteiger partial charge is 0.462 e. The Labute approximate surface area is 238 Å². The highest BCUT2D eigenvalue weighted by Gasteiger charge is 2.30. The number of anilines is 1. The van der Waals surface area contributed by atoms with Crippen LogP contribution in [-0.4, -0.2) is 67.7 Å². The summed E-state index contributed by atoms with van der Waals surface area (Å²) in [7, 11) is 1.78. The number of nitrogens with zero attached hydrogens (tertiary/aromatic N) is 3. The molecule has 3 heterocycles. The van der Waals surface area contributed by atoms with E-state index in [9.17, 15) is 14.4 Å². The van der Waals surface area contributed by atoms with E-state index in [1.54, 1.807) is 35.6 Å². The Hall–Kier alpha value is -2.92. The van der Waals surface area contributed by atoms with Gasteiger partial charge in [0.2, 0.25) is 0 Å². The van der Waals surface area contributed by atoms with Gasteiger partial charge in [-0.3, -0.25) is 20.4 Å². The first-order chi connectivity index (χ1) is 18.9. The van der Waals surface area contributed by atoms with Crippen LogP contribution in [-0.2, 0) is 11.3 Å². The number of nitrogens with one attached hydrogen (secondary N) is 2. The summed E-state index contributed by atoms with van der Waals surface area (Å²) in [4.78, 5) is 44.2. The Balaban J connectivity index is 0.00000134. The summed E-state index contributed by atoms with van der Waals surface area (Å²) >= 11 is 7.81. The highest BCUT2D eigenvalue weighted by Crippen LogP contribution is 2.33. The first-order valence-corrected chi connectivity index (χ1v) is 14.6. The summed E-state index contributed by atoms with van der Waals surface area (Å²) in [5.74, 6) is -0.660. The SMILES string of the molecule is CCC.CCOC(=O)c1c(N2CCN(C(=O)c3cccs3)CC2)c2cc(Cl)ccc2n(CCCNNC)c1=O. The summed E-state index contributed by atoms with van der Waals surface area (Å²) in [6, 6.07) is 9.04. The number of piperazine rings is 1. The number of fused-ring (bicyclic) bond motifs is 1. The predicted molar refractivity (Wildman–Crippen MR) is 159 cm³/mol. The number of carbonyl (C=O) groups is 2. The topological polar surface area (TPSA) is 95.9 Å². The summed E-state index contributed by atoms with van der Waals surface area (Å²) in [6.07, 6.45) is 1.92. The standard InChI is InChI=1S/C25H30ClN5O4S.C3H8/c1-3-35-25(34)21-22(29-11-13-30(14-12-29)23(32)20-6-4-15-36-20)18-16-17(26)7-8-19(18)31(24(21)33)10-5-9-28-27-2;1-3-2/h4,6-8,15-16,27-28H,3,5,9-14H2,1-2H3;3H2,1-2H3. The van der Waals surface area contributed by atoms with Gasteiger partial charge in [-0.05, 0) is 50.0 Å². The average Bonchev–Trinajstić information content (AvgIpc) is 3.47. The van der Waals surface area contributed by atoms with E-state index in [1.165, 1.54) is 17.8 Å². The van der Waals surface area contributed by atoms with Crippen LogP contribution in [0.1, 0.15) is 53.6 Å². The van der Waals surface area contributed by atoms with Gasteiger partial charge in [-0.15, -0.1) is 11.3 Å². The van der Waals surface area contributed by atoms with Crippen LogP contribution in [0.3, 0.4) is 0 Å². The van der Waals surface area contributed by atoms with Gasteiger partial charge in [0.05, 0.1) is 22.7 Å². The van der Waals surface area contributed by atoms with E-state index in [0.29, 0.717) is 72.2 Å². The zero-order valence-corrected chi connectivity index (χ0v) is 24.7. The van der Waals surface area contributed by atoms with Crippen LogP contribution in [0.25, 0.3) is 10.9 Å². The highest BCUT2D eigenvalue weighted by atomic mass is 35.5. The number of aromatic nitrogens is 1. The molecule has 1 saturated heterocycles. The third kappa shape index (κ3) is 7.39. The van der Waals surface area contributed by atoms with E-state index in [1.807, 2.05) is 28.5 Å². The molecule has 3 aromatic rings. The molecule has 1 amide bonds. The van der Waals surface area contributed by atoms with Gasteiger partial charge in [-0.1, -0.05) is 37.9 Å². The number of pyridine rings is 1. The predicted octanol–water partition coefficient (Wildman–Crippen LogP) is 4.39. The summed E-state index contributed by atoms with van der Waals surface area (Å²) < 4.78 is 6.95. The summed E-state index contributed by atoms with van der Waals surface area (Å²) in [6.45, 7) is 9.07. The van der Waals surface area contributed by atoms with Crippen LogP contribution in [0.2, 0.25) is 5.02 Å². The van der Waals surface area contributed by atoms with Crippen LogP contribution >= 0.6 is 22.9 Å². The molecule has 212 valence electrons. The van der Waals surface area contributed by atoms with Crippen LogP contribution in [0.4, 0.5) is 5.69 Å². The van der Waals surface area contributed by atoms with E-state index in [2.05, 4.69) is 24.7 Å². The number of rotatable bonds is 9. The van der Waals surface area contributed by atoms with Crippen LogP contribution in [0.5, 0.6) is 0 Å². The van der Waals surface area contributed by atoms with Gasteiger partial charge in [0.1, 0.15) is 5.56 Å². The number of carbonyl (C=O) groups excluding carboxylic acids is 2. The molecule has 0 radical (unpaired) electrons. The third-order valence-corrected chi connectivity index (χ3v) is 7.25. The number of hydrazine groups is 1. The number of benzene rings is 1. The number of amides is 1. The molecule has 2 N–H and O–H groups in total. The van der Waals surface area contributed by atoms with Crippen LogP contribution < -0.4 is 21.3 Å². The van der Waals surface area contributed by atoms with Gasteiger partial charge in [0.25, 0.3) is 11.5 Å². The van der Waals surface area contributed by atoms with Gasteiger partial charge in [-0.2, -0.15) is 0 Å². The number of aryl methyl sites for hydroxylation is 1. The third-order valence-electron chi connectivity index (χ3n) is 6.16. The van der Waals surface area contributed by atoms with Crippen molar-refractivity contribution in [3.8, 4) is 0 Å². The van der Waals surface area contributed by atoms with Crippen molar-refractivity contribution >= 4 is 51.4 Å². The molecule has 9 nitrogen and oxygen atoms in total. The molecule has 0 aliphatic carbocycles. The minimum Gasteiger partial charge on any atom is -0.462 e. The van der Waals surface area contributed by atoms with Gasteiger partial charge in [-0.25, -0.2) is 4.79 Å². The van der Waals surface area contributed by atoms with Crippen molar-refractivity contribution < 1.29 is 14.3 Å². The van der Waals surface area contributed by atoms with E-state index >= 15 is 0 Å². The molecule has 4 rings (SSSR count). The number of hydrogen-bond donors (Lipinski definition) is 2. The van der Waals surface area contributed by atoms with Crippen molar-refractivity contribution in [2.24, 2.45) is 0 Å². The number of thiophene rings is 1. The van der Waals surface area contributed by atoms with Crippen molar-refractivity contribution in [3.63, 3.8) is 0 Å². The van der Waals surface area contributed by atoms with Crippen molar-refractivity contribution in [1.82, 2.24) is 20.3 Å². The molecule has 39 heavy (non-hydrogen) atoms. The fourth-order valence-electron chi connectivity index (χ4n) is 4.49. The fraction of sp³-hybridized carbons (Fsp3) is 0.464. The molecule has 1 aromatic carbocycles. The van der Waals surface area contributed by atoms with Crippen molar-refractivity contribution in [1.29, 1.82) is 0 Å². The Morgan fingerprint density at radius 1 is 1.10 bits per heavy atom. The lowest BCUT2D eigenvalue weighted by molar-refractivity contribution is 0.0523. The maximum Gasteiger partial charge on any atom is 0.345 e. The minimum absolute atomic E-state index is 0.00576. The molecular weight excluding hydrogens is 538 g/mol. The van der Waals surface area contributed by atoms with Gasteiger partial charge in [0.15, 0.2) is 0 Å². The molecule has 1 aliphatic rings. The molecule has 0 saturated carbocycles. The number of hydrogen-bond acceptors (Lipinski definition) is 8. The Bertz CT molecular complexity index is 1300. The van der Waals surface area contributed by atoms with E-state index in [-0.39, 0.29) is 23.6 Å². The number of esters is 1. The first-order valence-electron chi connectivity index (χ1n) is 13.4. The second-order valence-electron chi connectivity index (χ2n) is 9.06. The maximum absolute atomic E-state index is 13.7. The Morgan fingerprint density at radius 2 is 1.82 bits per heavy atom. The molecule has 1 aliphatic heterocycles. The second kappa shape index (κ2) is 15.0. The highest BCUT2D eigenvalue weighted by molar-refractivity contribution is 7.12. The lowest BCUT2D eigenvalue weighted by Crippen LogP contribution is -2.49. The second-order valence-corrected chi connectivity index (χ2v) is 10.4. The molecule has 1 fully saturated rings. The minimum atomic E-state index is -0.654. The van der Waals surface area contributed by atoms with E-state index in [4.69, 9.17) is 16.3 Å². The normalized spacial score (nSPS) is 13.3. The maximum atomic E-state index is 13.7. The van der Waals surface area contributed by atoms with Gasteiger partial charge >= 0.3 is 5.97 Å². The molecule has 2 aromatic heterocycles. The lowest BCUT2D eigenvalue weighted by atomic mass is 10.1. The molecule has 11 heteroatoms. The fourth-order valence-corrected chi connectivity index (χ4v) is 5.35. The van der Waals surface area contributed by atoms with Crippen molar-refractivity contribution in [2.75, 3.05) is 51.3 Å². The summed E-state index contributed by atoms with van der Waals surface area (Å²) in [5.41, 5.74) is 6.73. The Kier molecular flexibility index (Phi) is 11.8. The van der Waals surface area contributed by atoms with Crippen molar-refractivity contribution in [2.45, 2.75) is 40.2 Å². The Morgan fingerprint density at radius 3 is 2.44 bits per heavy atom. The zero-order valence-electron chi connectivity index (χ0n) is 23.1. The lowest BCUT2D eigenvalue weighted by Gasteiger charge is -2.37. The van der Waals surface area contributed by atoms with Gasteiger partial charge < -0.3 is 19.1 Å². The molecule has 0 bridgehead atoms. The summed E-state index contributed by atoms with van der Waals surface area (Å²) in [5, 5.41) is 3.10. The average molecular weight is 576 g/mol. The number of ether oxygens (including phenoxy) is 1. The van der Waals surface area contributed by atoms with E-state index in [0.717, 1.165) is 0 Å². The van der Waals surface area contributed by atoms with Crippen LogP contribution in [0.15, 0.2) is 40.5 Å². The monoisotopic (exact) mass is 575 g/mol. The number of halogens is 1. The van der Waals surface area contributed by atoms with Crippen molar-refractivity contribution in [3.05, 3.63) is 61.5 Å². The quantitative estimate of drug-likeness (QED) is 0.222. The van der Waals surface area contributed by atoms with E-state index < -0.39 is 5.97 Å². The van der Waals surface area contributed by atoms with Crippen LogP contribution in [0, 0.1) is 0 Å².